The number of amides is 1. The highest BCUT2D eigenvalue weighted by Gasteiger charge is 2.30. The predicted molar refractivity (Wildman–Crippen MR) is 105 cm³/mol. The van der Waals surface area contributed by atoms with Crippen LogP contribution in [-0.4, -0.2) is 18.5 Å². The molecule has 154 valence electrons. The molecule has 2 aromatic rings. The number of ether oxygens (including phenoxy) is 1. The molecule has 0 aromatic heterocycles. The normalized spacial score (nSPS) is 11.5. The Morgan fingerprint density at radius 2 is 1.66 bits per heavy atom. The summed E-state index contributed by atoms with van der Waals surface area (Å²) in [6.07, 6.45) is -0.794. The summed E-state index contributed by atoms with van der Waals surface area (Å²) in [6, 6.07) is 10.3. The number of hydrogen-bond donors (Lipinski definition) is 1. The summed E-state index contributed by atoms with van der Waals surface area (Å²) < 4.78 is 43.0. The number of benzene rings is 2. The van der Waals surface area contributed by atoms with Crippen LogP contribution in [-0.2, 0) is 33.3 Å². The van der Waals surface area contributed by atoms with E-state index in [-0.39, 0.29) is 5.56 Å². The highest BCUT2D eigenvalue weighted by Crippen LogP contribution is 2.29. The average Bonchev–Trinajstić information content (AvgIpc) is 2.70. The number of halogens is 3. The molecule has 0 bridgehead atoms. The molecule has 0 heterocycles. The number of nitrogens with one attached hydrogen (secondary N) is 1. The first kappa shape index (κ1) is 22.2. The summed E-state index contributed by atoms with van der Waals surface area (Å²) in [5.74, 6) is -1.31. The fourth-order valence-corrected chi connectivity index (χ4v) is 2.75. The van der Waals surface area contributed by atoms with E-state index in [1.54, 1.807) is 0 Å². The van der Waals surface area contributed by atoms with E-state index >= 15 is 0 Å². The summed E-state index contributed by atoms with van der Waals surface area (Å²) >= 11 is 0. The van der Waals surface area contributed by atoms with E-state index in [2.05, 4.69) is 5.32 Å². The molecule has 0 aliphatic rings. The molecule has 0 unspecified atom stereocenters. The van der Waals surface area contributed by atoms with Crippen molar-refractivity contribution in [2.45, 2.75) is 32.9 Å². The molecule has 0 saturated carbocycles. The van der Waals surface area contributed by atoms with Gasteiger partial charge in [-0.05, 0) is 47.7 Å². The largest absolute Gasteiger partial charge is 0.452 e. The van der Waals surface area contributed by atoms with Gasteiger partial charge in [-0.1, -0.05) is 44.2 Å². The van der Waals surface area contributed by atoms with Crippen LogP contribution >= 0.6 is 0 Å². The van der Waals surface area contributed by atoms with E-state index in [1.165, 1.54) is 18.2 Å². The van der Waals surface area contributed by atoms with Crippen LogP contribution in [0.3, 0.4) is 0 Å². The zero-order valence-electron chi connectivity index (χ0n) is 16.2. The molecule has 0 radical (unpaired) electrons. The Morgan fingerprint density at radius 3 is 2.24 bits per heavy atom. The monoisotopic (exact) mass is 405 g/mol. The minimum atomic E-state index is -4.46. The smallest absolute Gasteiger partial charge is 0.416 e. The Labute approximate surface area is 167 Å². The summed E-state index contributed by atoms with van der Waals surface area (Å²) in [5.41, 5.74) is 2.07. The second kappa shape index (κ2) is 9.91. The van der Waals surface area contributed by atoms with Crippen molar-refractivity contribution in [2.75, 3.05) is 11.9 Å². The van der Waals surface area contributed by atoms with Gasteiger partial charge in [0.05, 0.1) is 5.56 Å². The fraction of sp³-hybridized carbons (Fsp3) is 0.273. The van der Waals surface area contributed by atoms with Crippen molar-refractivity contribution in [1.29, 1.82) is 0 Å². The number of hydrogen-bond acceptors (Lipinski definition) is 3. The number of anilines is 1. The molecular formula is C22H22F3NO3. The Hall–Kier alpha value is -3.09. The number of alkyl halides is 3. The molecule has 2 rings (SSSR count). The minimum absolute atomic E-state index is 0.200. The lowest BCUT2D eigenvalue weighted by atomic mass is 10.0. The molecule has 0 atom stereocenters. The predicted octanol–water partition coefficient (Wildman–Crippen LogP) is 5.03. The maximum absolute atomic E-state index is 12.7. The Morgan fingerprint density at radius 1 is 1.03 bits per heavy atom. The summed E-state index contributed by atoms with van der Waals surface area (Å²) in [7, 11) is 0. The van der Waals surface area contributed by atoms with Gasteiger partial charge in [0.2, 0.25) is 0 Å². The van der Waals surface area contributed by atoms with Gasteiger partial charge in [0.25, 0.3) is 5.91 Å². The Bertz CT molecular complexity index is 882. The van der Waals surface area contributed by atoms with Gasteiger partial charge < -0.3 is 10.1 Å². The van der Waals surface area contributed by atoms with E-state index in [0.29, 0.717) is 0 Å². The standard InChI is InChI=1S/C22H22F3NO3/c1-3-16-8-6-9-17(4-2)21(16)26-19(27)14-29-20(28)12-11-15-7-5-10-18(13-15)22(23,24)25/h5-13H,3-4,14H2,1-2H3,(H,26,27)/b12-11+. The summed E-state index contributed by atoms with van der Waals surface area (Å²) in [5, 5.41) is 2.77. The highest BCUT2D eigenvalue weighted by atomic mass is 19.4. The summed E-state index contributed by atoms with van der Waals surface area (Å²) in [4.78, 5) is 23.9. The van der Waals surface area contributed by atoms with Crippen LogP contribution in [0.4, 0.5) is 18.9 Å². The first-order valence-corrected chi connectivity index (χ1v) is 9.17. The third-order valence-corrected chi connectivity index (χ3v) is 4.23. The van der Waals surface area contributed by atoms with Crippen LogP contribution in [0, 0.1) is 0 Å². The average molecular weight is 405 g/mol. The van der Waals surface area contributed by atoms with Crippen molar-refractivity contribution in [3.63, 3.8) is 0 Å². The lowest BCUT2D eigenvalue weighted by molar-refractivity contribution is -0.142. The summed E-state index contributed by atoms with van der Waals surface area (Å²) in [6.45, 7) is 3.46. The van der Waals surface area contributed by atoms with E-state index in [1.807, 2.05) is 32.0 Å². The quantitative estimate of drug-likeness (QED) is 0.520. The molecule has 1 N–H and O–H groups in total. The number of carbonyl (C=O) groups excluding carboxylic acids is 2. The first-order valence-electron chi connectivity index (χ1n) is 9.17. The molecule has 0 fully saturated rings. The first-order chi connectivity index (χ1) is 13.7. The van der Waals surface area contributed by atoms with Gasteiger partial charge in [-0.25, -0.2) is 4.79 Å². The third kappa shape index (κ3) is 6.48. The van der Waals surface area contributed by atoms with E-state index < -0.39 is 30.2 Å². The van der Waals surface area contributed by atoms with Crippen molar-refractivity contribution < 1.29 is 27.5 Å². The number of rotatable bonds is 7. The number of carbonyl (C=O) groups is 2. The van der Waals surface area contributed by atoms with Crippen molar-refractivity contribution in [3.05, 3.63) is 70.8 Å². The number of para-hydroxylation sites is 1. The fourth-order valence-electron chi connectivity index (χ4n) is 2.75. The molecule has 7 heteroatoms. The van der Waals surface area contributed by atoms with Gasteiger partial charge in [-0.15, -0.1) is 0 Å². The van der Waals surface area contributed by atoms with E-state index in [0.717, 1.165) is 47.9 Å². The Balaban J connectivity index is 1.95. The maximum atomic E-state index is 12.7. The van der Waals surface area contributed by atoms with Gasteiger partial charge in [0, 0.05) is 11.8 Å². The molecule has 1 amide bonds. The van der Waals surface area contributed by atoms with Crippen LogP contribution in [0.25, 0.3) is 6.08 Å². The van der Waals surface area contributed by atoms with Crippen LogP contribution < -0.4 is 5.32 Å². The minimum Gasteiger partial charge on any atom is -0.452 e. The molecule has 0 aliphatic heterocycles. The molecule has 29 heavy (non-hydrogen) atoms. The molecule has 0 aliphatic carbocycles. The second-order valence-corrected chi connectivity index (χ2v) is 6.27. The SMILES string of the molecule is CCc1cccc(CC)c1NC(=O)COC(=O)/C=C/c1cccc(C(F)(F)F)c1. The lowest BCUT2D eigenvalue weighted by Gasteiger charge is -2.14. The van der Waals surface area contributed by atoms with Crippen molar-refractivity contribution in [2.24, 2.45) is 0 Å². The Kier molecular flexibility index (Phi) is 7.59. The van der Waals surface area contributed by atoms with Crippen LogP contribution in [0.5, 0.6) is 0 Å². The zero-order chi connectivity index (χ0) is 21.4. The van der Waals surface area contributed by atoms with Gasteiger partial charge in [-0.3, -0.25) is 4.79 Å². The molecule has 4 nitrogen and oxygen atoms in total. The van der Waals surface area contributed by atoms with Gasteiger partial charge in [0.1, 0.15) is 0 Å². The molecule has 0 saturated heterocycles. The molecule has 2 aromatic carbocycles. The zero-order valence-corrected chi connectivity index (χ0v) is 16.2. The van der Waals surface area contributed by atoms with E-state index in [9.17, 15) is 22.8 Å². The maximum Gasteiger partial charge on any atom is 0.416 e. The van der Waals surface area contributed by atoms with Crippen molar-refractivity contribution >= 4 is 23.6 Å². The van der Waals surface area contributed by atoms with Crippen LogP contribution in [0.1, 0.15) is 36.1 Å². The molecular weight excluding hydrogens is 383 g/mol. The van der Waals surface area contributed by atoms with Gasteiger partial charge in [-0.2, -0.15) is 13.2 Å². The van der Waals surface area contributed by atoms with Gasteiger partial charge in [0.15, 0.2) is 6.61 Å². The van der Waals surface area contributed by atoms with Crippen LogP contribution in [0.15, 0.2) is 48.5 Å². The second-order valence-electron chi connectivity index (χ2n) is 6.27. The lowest BCUT2D eigenvalue weighted by Crippen LogP contribution is -2.21. The van der Waals surface area contributed by atoms with Crippen molar-refractivity contribution in [3.8, 4) is 0 Å². The number of esters is 1. The highest BCUT2D eigenvalue weighted by molar-refractivity contribution is 5.95. The van der Waals surface area contributed by atoms with Crippen molar-refractivity contribution in [1.82, 2.24) is 0 Å². The van der Waals surface area contributed by atoms with E-state index in [4.69, 9.17) is 4.74 Å². The number of aryl methyl sites for hydroxylation is 2. The van der Waals surface area contributed by atoms with Crippen LogP contribution in [0.2, 0.25) is 0 Å². The third-order valence-electron chi connectivity index (χ3n) is 4.23. The van der Waals surface area contributed by atoms with Gasteiger partial charge >= 0.3 is 12.1 Å². The topological polar surface area (TPSA) is 55.4 Å². The molecule has 0 spiro atoms.